The molecule has 5 nitrogen and oxygen atoms in total. The highest BCUT2D eigenvalue weighted by Crippen LogP contribution is 2.42. The lowest BCUT2D eigenvalue weighted by Crippen LogP contribution is -2.25. The SMILES string of the molecule is COc1ccc(OC)c(CCNC(=O)c2cc3c(s2)-c2ccccc2OC3)c1. The topological polar surface area (TPSA) is 56.8 Å². The Kier molecular flexibility index (Phi) is 5.21. The minimum Gasteiger partial charge on any atom is -0.497 e. The summed E-state index contributed by atoms with van der Waals surface area (Å²) in [5.41, 5.74) is 3.10. The molecule has 6 heteroatoms. The van der Waals surface area contributed by atoms with E-state index in [4.69, 9.17) is 14.2 Å². The Balaban J connectivity index is 1.44. The third kappa shape index (κ3) is 3.55. The molecule has 1 aliphatic heterocycles. The van der Waals surface area contributed by atoms with Crippen LogP contribution in [0.15, 0.2) is 48.5 Å². The van der Waals surface area contributed by atoms with E-state index in [2.05, 4.69) is 5.32 Å². The highest BCUT2D eigenvalue weighted by molar-refractivity contribution is 7.17. The third-order valence-corrected chi connectivity index (χ3v) is 5.92. The third-order valence-electron chi connectivity index (χ3n) is 4.72. The fourth-order valence-corrected chi connectivity index (χ4v) is 4.40. The molecule has 1 amide bonds. The molecular weight excluding hydrogens is 374 g/mol. The molecule has 144 valence electrons. The Bertz CT molecular complexity index is 1010. The van der Waals surface area contributed by atoms with Crippen LogP contribution in [0.1, 0.15) is 20.8 Å². The van der Waals surface area contributed by atoms with Crippen molar-refractivity contribution in [2.75, 3.05) is 20.8 Å². The van der Waals surface area contributed by atoms with Crippen molar-refractivity contribution in [3.8, 4) is 27.7 Å². The second kappa shape index (κ2) is 7.94. The lowest BCUT2D eigenvalue weighted by atomic mass is 10.1. The number of methoxy groups -OCH3 is 2. The van der Waals surface area contributed by atoms with Crippen molar-refractivity contribution in [3.05, 3.63) is 64.5 Å². The fraction of sp³-hybridized carbons (Fsp3) is 0.227. The number of fused-ring (bicyclic) bond motifs is 3. The van der Waals surface area contributed by atoms with Crippen molar-refractivity contribution in [1.29, 1.82) is 0 Å². The maximum Gasteiger partial charge on any atom is 0.261 e. The minimum absolute atomic E-state index is 0.0706. The van der Waals surface area contributed by atoms with Crippen molar-refractivity contribution in [1.82, 2.24) is 5.32 Å². The number of amides is 1. The summed E-state index contributed by atoms with van der Waals surface area (Å²) in [5.74, 6) is 2.36. The van der Waals surface area contributed by atoms with Crippen LogP contribution < -0.4 is 19.5 Å². The lowest BCUT2D eigenvalue weighted by Gasteiger charge is -2.16. The molecule has 4 rings (SSSR count). The first-order valence-corrected chi connectivity index (χ1v) is 9.85. The summed E-state index contributed by atoms with van der Waals surface area (Å²) in [6.45, 7) is 1.01. The molecule has 0 radical (unpaired) electrons. The van der Waals surface area contributed by atoms with Gasteiger partial charge < -0.3 is 19.5 Å². The zero-order valence-electron chi connectivity index (χ0n) is 15.8. The summed E-state index contributed by atoms with van der Waals surface area (Å²) in [6.07, 6.45) is 0.656. The average Bonchev–Trinajstić information content (AvgIpc) is 3.18. The van der Waals surface area contributed by atoms with Crippen LogP contribution in [0.2, 0.25) is 0 Å². The molecular formula is C22H21NO4S. The van der Waals surface area contributed by atoms with Crippen LogP contribution in [-0.4, -0.2) is 26.7 Å². The van der Waals surface area contributed by atoms with E-state index in [-0.39, 0.29) is 5.91 Å². The highest BCUT2D eigenvalue weighted by Gasteiger charge is 2.22. The van der Waals surface area contributed by atoms with E-state index in [1.807, 2.05) is 48.5 Å². The van der Waals surface area contributed by atoms with Gasteiger partial charge in [0.05, 0.1) is 19.1 Å². The molecule has 2 heterocycles. The Hall–Kier alpha value is -2.99. The van der Waals surface area contributed by atoms with Crippen LogP contribution in [0, 0.1) is 0 Å². The van der Waals surface area contributed by atoms with Crippen LogP contribution in [0.5, 0.6) is 17.2 Å². The summed E-state index contributed by atoms with van der Waals surface area (Å²) in [5, 5.41) is 3.00. The number of rotatable bonds is 6. The van der Waals surface area contributed by atoms with Gasteiger partial charge in [0.2, 0.25) is 0 Å². The van der Waals surface area contributed by atoms with Crippen molar-refractivity contribution >= 4 is 17.2 Å². The van der Waals surface area contributed by atoms with Crippen LogP contribution in [-0.2, 0) is 13.0 Å². The second-order valence-electron chi connectivity index (χ2n) is 6.43. The molecule has 2 aromatic carbocycles. The number of thiophene rings is 1. The number of para-hydroxylation sites is 1. The Morgan fingerprint density at radius 2 is 2.00 bits per heavy atom. The van der Waals surface area contributed by atoms with Gasteiger partial charge in [0.15, 0.2) is 0 Å². The van der Waals surface area contributed by atoms with Gasteiger partial charge >= 0.3 is 0 Å². The van der Waals surface area contributed by atoms with Gasteiger partial charge in [-0.1, -0.05) is 12.1 Å². The number of hydrogen-bond donors (Lipinski definition) is 1. The van der Waals surface area contributed by atoms with Crippen LogP contribution in [0.4, 0.5) is 0 Å². The molecule has 0 spiro atoms. The first-order valence-electron chi connectivity index (χ1n) is 9.03. The standard InChI is InChI=1S/C22H21NO4S/c1-25-16-7-8-18(26-2)14(11-16)9-10-23-22(24)20-12-15-13-27-19-6-4-3-5-17(19)21(15)28-20/h3-8,11-12H,9-10,13H2,1-2H3,(H,23,24). The Morgan fingerprint density at radius 1 is 1.14 bits per heavy atom. The predicted molar refractivity (Wildman–Crippen MR) is 110 cm³/mol. The number of nitrogens with one attached hydrogen (secondary N) is 1. The molecule has 28 heavy (non-hydrogen) atoms. The first-order chi connectivity index (χ1) is 13.7. The summed E-state index contributed by atoms with van der Waals surface area (Å²) < 4.78 is 16.4. The molecule has 0 fully saturated rings. The van der Waals surface area contributed by atoms with Crippen LogP contribution in [0.25, 0.3) is 10.4 Å². The monoisotopic (exact) mass is 395 g/mol. The van der Waals surface area contributed by atoms with Gasteiger partial charge in [-0.2, -0.15) is 0 Å². The van der Waals surface area contributed by atoms with Crippen molar-refractivity contribution < 1.29 is 19.0 Å². The summed E-state index contributed by atoms with van der Waals surface area (Å²) >= 11 is 1.51. The maximum atomic E-state index is 12.6. The van der Waals surface area contributed by atoms with Crippen molar-refractivity contribution in [2.45, 2.75) is 13.0 Å². The number of carbonyl (C=O) groups excluding carboxylic acids is 1. The van der Waals surface area contributed by atoms with Gasteiger partial charge in [0, 0.05) is 22.5 Å². The maximum absolute atomic E-state index is 12.6. The van der Waals surface area contributed by atoms with Gasteiger partial charge in [0.1, 0.15) is 23.9 Å². The lowest BCUT2D eigenvalue weighted by molar-refractivity contribution is 0.0958. The largest absolute Gasteiger partial charge is 0.497 e. The molecule has 1 N–H and O–H groups in total. The van der Waals surface area contributed by atoms with E-state index in [0.29, 0.717) is 24.4 Å². The van der Waals surface area contributed by atoms with Crippen LogP contribution >= 0.6 is 11.3 Å². The molecule has 0 saturated heterocycles. The molecule has 3 aromatic rings. The Morgan fingerprint density at radius 3 is 2.82 bits per heavy atom. The van der Waals surface area contributed by atoms with E-state index >= 15 is 0 Å². The minimum atomic E-state index is -0.0706. The fourth-order valence-electron chi connectivity index (χ4n) is 3.29. The normalized spacial score (nSPS) is 11.8. The summed E-state index contributed by atoms with van der Waals surface area (Å²) in [7, 11) is 3.27. The van der Waals surface area contributed by atoms with Gasteiger partial charge in [-0.05, 0) is 48.4 Å². The van der Waals surface area contributed by atoms with Gasteiger partial charge in [-0.15, -0.1) is 11.3 Å². The van der Waals surface area contributed by atoms with E-state index < -0.39 is 0 Å². The molecule has 0 atom stereocenters. The molecule has 0 bridgehead atoms. The van der Waals surface area contributed by atoms with Crippen LogP contribution in [0.3, 0.4) is 0 Å². The van der Waals surface area contributed by atoms with Gasteiger partial charge in [0.25, 0.3) is 5.91 Å². The summed E-state index contributed by atoms with van der Waals surface area (Å²) in [6, 6.07) is 15.5. The quantitative estimate of drug-likeness (QED) is 0.676. The molecule has 0 unspecified atom stereocenters. The highest BCUT2D eigenvalue weighted by atomic mass is 32.1. The zero-order valence-corrected chi connectivity index (χ0v) is 16.6. The van der Waals surface area contributed by atoms with Crippen molar-refractivity contribution in [2.24, 2.45) is 0 Å². The molecule has 0 aliphatic carbocycles. The second-order valence-corrected chi connectivity index (χ2v) is 7.49. The number of carbonyl (C=O) groups is 1. The Labute approximate surface area is 167 Å². The van der Waals surface area contributed by atoms with E-state index in [9.17, 15) is 4.79 Å². The first kappa shape index (κ1) is 18.4. The van der Waals surface area contributed by atoms with E-state index in [1.165, 1.54) is 11.3 Å². The number of hydrogen-bond acceptors (Lipinski definition) is 5. The summed E-state index contributed by atoms with van der Waals surface area (Å²) in [4.78, 5) is 14.5. The zero-order chi connectivity index (χ0) is 19.5. The molecule has 1 aliphatic rings. The number of ether oxygens (including phenoxy) is 3. The molecule has 0 saturated carbocycles. The van der Waals surface area contributed by atoms with E-state index in [0.717, 1.165) is 38.8 Å². The molecule has 1 aromatic heterocycles. The number of benzene rings is 2. The van der Waals surface area contributed by atoms with E-state index in [1.54, 1.807) is 14.2 Å². The van der Waals surface area contributed by atoms with Gasteiger partial charge in [-0.25, -0.2) is 0 Å². The van der Waals surface area contributed by atoms with Crippen molar-refractivity contribution in [3.63, 3.8) is 0 Å². The predicted octanol–water partition coefficient (Wildman–Crippen LogP) is 4.30. The average molecular weight is 395 g/mol. The smallest absolute Gasteiger partial charge is 0.261 e. The van der Waals surface area contributed by atoms with Gasteiger partial charge in [-0.3, -0.25) is 4.79 Å².